The zero-order valence-electron chi connectivity index (χ0n) is 10.7. The number of hydrogen-bond acceptors (Lipinski definition) is 4. The fraction of sp³-hybridized carbons (Fsp3) is 0.923. The van der Waals surface area contributed by atoms with E-state index in [2.05, 4.69) is 23.9 Å². The van der Waals surface area contributed by atoms with Crippen molar-refractivity contribution in [2.45, 2.75) is 51.4 Å². The smallest absolute Gasteiger partial charge is 0.0775 e. The Balaban J connectivity index is 1.79. The summed E-state index contributed by atoms with van der Waals surface area (Å²) < 4.78 is 5.78. The highest BCUT2D eigenvalue weighted by molar-refractivity contribution is 5.94. The molecule has 0 aromatic carbocycles. The van der Waals surface area contributed by atoms with Crippen molar-refractivity contribution in [2.24, 2.45) is 17.0 Å². The number of hydrogen-bond donors (Lipinski definition) is 1. The van der Waals surface area contributed by atoms with Crippen LogP contribution in [0.2, 0.25) is 0 Å². The van der Waals surface area contributed by atoms with Crippen LogP contribution in [-0.4, -0.2) is 47.2 Å². The van der Waals surface area contributed by atoms with E-state index in [1.54, 1.807) is 0 Å². The minimum Gasteiger partial charge on any atom is -0.411 e. The van der Waals surface area contributed by atoms with E-state index in [0.717, 1.165) is 18.8 Å². The Labute approximate surface area is 103 Å². The molecule has 4 nitrogen and oxygen atoms in total. The van der Waals surface area contributed by atoms with Gasteiger partial charge in [0.05, 0.1) is 24.0 Å². The van der Waals surface area contributed by atoms with Crippen molar-refractivity contribution in [3.8, 4) is 0 Å². The number of ether oxygens (including phenoxy) is 1. The zero-order valence-corrected chi connectivity index (χ0v) is 10.7. The average molecular weight is 238 g/mol. The summed E-state index contributed by atoms with van der Waals surface area (Å²) in [4.78, 5) is 2.48. The first kappa shape index (κ1) is 11.5. The summed E-state index contributed by atoms with van der Waals surface area (Å²) in [6.45, 7) is 6.20. The summed E-state index contributed by atoms with van der Waals surface area (Å²) in [5, 5.41) is 12.9. The molecule has 0 spiro atoms. The molecule has 0 unspecified atom stereocenters. The molecule has 3 aliphatic rings. The first-order valence-electron chi connectivity index (χ1n) is 6.80. The van der Waals surface area contributed by atoms with Gasteiger partial charge in [0, 0.05) is 19.0 Å². The molecule has 2 aliphatic carbocycles. The Bertz CT molecular complexity index is 321. The molecule has 4 heteroatoms. The molecule has 3 rings (SSSR count). The number of rotatable bonds is 1. The maximum atomic E-state index is 9.25. The van der Waals surface area contributed by atoms with Crippen LogP contribution in [0.25, 0.3) is 0 Å². The minimum absolute atomic E-state index is 0.290. The van der Waals surface area contributed by atoms with Crippen LogP contribution in [0.1, 0.15) is 33.1 Å². The second-order valence-corrected chi connectivity index (χ2v) is 5.95. The molecule has 1 aliphatic heterocycles. The molecule has 96 valence electrons. The van der Waals surface area contributed by atoms with Crippen LogP contribution in [0.5, 0.6) is 0 Å². The molecule has 1 saturated heterocycles. The van der Waals surface area contributed by atoms with Crippen molar-refractivity contribution in [1.82, 2.24) is 4.90 Å². The highest BCUT2D eigenvalue weighted by Gasteiger charge is 2.49. The third kappa shape index (κ3) is 1.87. The summed E-state index contributed by atoms with van der Waals surface area (Å²) in [6.07, 6.45) is 4.32. The van der Waals surface area contributed by atoms with E-state index in [0.29, 0.717) is 17.9 Å². The van der Waals surface area contributed by atoms with Gasteiger partial charge in [-0.05, 0) is 39.0 Å². The van der Waals surface area contributed by atoms with Gasteiger partial charge < -0.3 is 9.94 Å². The second-order valence-electron chi connectivity index (χ2n) is 5.95. The third-order valence-corrected chi connectivity index (χ3v) is 4.60. The maximum Gasteiger partial charge on any atom is 0.0775 e. The fourth-order valence-electron chi connectivity index (χ4n) is 4.13. The van der Waals surface area contributed by atoms with E-state index in [1.807, 2.05) is 0 Å². The van der Waals surface area contributed by atoms with E-state index in [4.69, 9.17) is 4.74 Å². The third-order valence-electron chi connectivity index (χ3n) is 4.60. The number of fused-ring (bicyclic) bond motifs is 2. The van der Waals surface area contributed by atoms with E-state index < -0.39 is 0 Å². The monoisotopic (exact) mass is 238 g/mol. The van der Waals surface area contributed by atoms with Crippen LogP contribution >= 0.6 is 0 Å². The Morgan fingerprint density at radius 1 is 1.24 bits per heavy atom. The van der Waals surface area contributed by atoms with E-state index >= 15 is 0 Å². The van der Waals surface area contributed by atoms with Gasteiger partial charge in [-0.3, -0.25) is 4.90 Å². The van der Waals surface area contributed by atoms with E-state index in [1.165, 1.54) is 19.3 Å². The van der Waals surface area contributed by atoms with Gasteiger partial charge in [0.15, 0.2) is 0 Å². The molecule has 0 aromatic heterocycles. The number of morpholine rings is 1. The largest absolute Gasteiger partial charge is 0.411 e. The minimum atomic E-state index is 0.290. The molecule has 0 amide bonds. The summed E-state index contributed by atoms with van der Waals surface area (Å²) in [5.74, 6) is 1.26. The van der Waals surface area contributed by atoms with Gasteiger partial charge in [-0.1, -0.05) is 5.16 Å². The van der Waals surface area contributed by atoms with Gasteiger partial charge in [0.1, 0.15) is 0 Å². The lowest BCUT2D eigenvalue weighted by Crippen LogP contribution is -2.54. The van der Waals surface area contributed by atoms with Crippen molar-refractivity contribution in [3.05, 3.63) is 0 Å². The summed E-state index contributed by atoms with van der Waals surface area (Å²) >= 11 is 0. The van der Waals surface area contributed by atoms with Crippen molar-refractivity contribution >= 4 is 5.71 Å². The SMILES string of the molecule is C[C@@H]1CN([C@@H]2/C(=N/O)[C@H]3CC[C@H]2C3)C[C@@H](C)O1. The first-order chi connectivity index (χ1) is 8.19. The number of nitrogens with zero attached hydrogens (tertiary/aromatic N) is 2. The molecule has 2 bridgehead atoms. The number of oxime groups is 1. The maximum absolute atomic E-state index is 9.25. The van der Waals surface area contributed by atoms with Gasteiger partial charge in [-0.25, -0.2) is 0 Å². The molecule has 2 saturated carbocycles. The molecule has 17 heavy (non-hydrogen) atoms. The highest BCUT2D eigenvalue weighted by Crippen LogP contribution is 2.45. The molecule has 1 heterocycles. The van der Waals surface area contributed by atoms with Gasteiger partial charge in [0.25, 0.3) is 0 Å². The Morgan fingerprint density at radius 3 is 2.59 bits per heavy atom. The molecule has 1 N–H and O–H groups in total. The van der Waals surface area contributed by atoms with Crippen LogP contribution in [0.3, 0.4) is 0 Å². The lowest BCUT2D eigenvalue weighted by Gasteiger charge is -2.41. The lowest BCUT2D eigenvalue weighted by molar-refractivity contribution is -0.0777. The van der Waals surface area contributed by atoms with Crippen LogP contribution in [-0.2, 0) is 4.74 Å². The van der Waals surface area contributed by atoms with Crippen LogP contribution in [0.4, 0.5) is 0 Å². The molecular formula is C13H22N2O2. The Morgan fingerprint density at radius 2 is 1.94 bits per heavy atom. The highest BCUT2D eigenvalue weighted by atomic mass is 16.5. The molecule has 0 radical (unpaired) electrons. The van der Waals surface area contributed by atoms with Crippen molar-refractivity contribution in [1.29, 1.82) is 0 Å². The Kier molecular flexibility index (Phi) is 2.87. The van der Waals surface area contributed by atoms with E-state index in [9.17, 15) is 5.21 Å². The normalized spacial score (nSPS) is 49.1. The van der Waals surface area contributed by atoms with Gasteiger partial charge in [-0.2, -0.15) is 0 Å². The summed E-state index contributed by atoms with van der Waals surface area (Å²) in [5.41, 5.74) is 1.04. The molecular weight excluding hydrogens is 216 g/mol. The van der Waals surface area contributed by atoms with Crippen LogP contribution in [0.15, 0.2) is 5.16 Å². The predicted octanol–water partition coefficient (Wildman–Crippen LogP) is 1.72. The zero-order chi connectivity index (χ0) is 12.0. The predicted molar refractivity (Wildman–Crippen MR) is 65.4 cm³/mol. The van der Waals surface area contributed by atoms with Crippen LogP contribution in [0, 0.1) is 11.8 Å². The van der Waals surface area contributed by atoms with Gasteiger partial charge in [0.2, 0.25) is 0 Å². The van der Waals surface area contributed by atoms with Gasteiger partial charge in [-0.15, -0.1) is 0 Å². The quantitative estimate of drug-likeness (QED) is 0.559. The van der Waals surface area contributed by atoms with E-state index in [-0.39, 0.29) is 12.2 Å². The van der Waals surface area contributed by atoms with Crippen molar-refractivity contribution < 1.29 is 9.94 Å². The average Bonchev–Trinajstić information content (AvgIpc) is 2.86. The summed E-state index contributed by atoms with van der Waals surface area (Å²) in [6, 6.07) is 0.382. The standard InChI is InChI=1S/C13H22N2O2/c1-8-6-15(7-9(2)17-8)13-11-4-3-10(5-11)12(13)14-16/h8-11,13,16H,3-7H2,1-2H3/b14-12+/t8-,9-,10+,11+,13+/m1/s1. The van der Waals surface area contributed by atoms with Crippen molar-refractivity contribution in [3.63, 3.8) is 0 Å². The summed E-state index contributed by atoms with van der Waals surface area (Å²) in [7, 11) is 0. The second kappa shape index (κ2) is 4.25. The lowest BCUT2D eigenvalue weighted by atomic mass is 9.91. The van der Waals surface area contributed by atoms with Crippen molar-refractivity contribution in [2.75, 3.05) is 13.1 Å². The van der Waals surface area contributed by atoms with Gasteiger partial charge >= 0.3 is 0 Å². The topological polar surface area (TPSA) is 45.1 Å². The Hall–Kier alpha value is -0.610. The first-order valence-corrected chi connectivity index (χ1v) is 6.80. The molecule has 5 atom stereocenters. The van der Waals surface area contributed by atoms with Crippen LogP contribution < -0.4 is 0 Å². The molecule has 0 aromatic rings. The fourth-order valence-corrected chi connectivity index (χ4v) is 4.13. The molecule has 3 fully saturated rings.